The lowest BCUT2D eigenvalue weighted by Crippen LogP contribution is -2.47. The number of nitrogens with one attached hydrogen (secondary N) is 2. The van der Waals surface area contributed by atoms with Gasteiger partial charge in [-0.05, 0) is 38.4 Å². The van der Waals surface area contributed by atoms with Gasteiger partial charge in [-0.1, -0.05) is 6.07 Å². The predicted octanol–water partition coefficient (Wildman–Crippen LogP) is -0.247. The van der Waals surface area contributed by atoms with E-state index in [1.54, 1.807) is 18.3 Å². The summed E-state index contributed by atoms with van der Waals surface area (Å²) in [5, 5.41) is 10.5. The van der Waals surface area contributed by atoms with Gasteiger partial charge in [0.2, 0.25) is 5.91 Å². The maximum atomic E-state index is 12.1. The highest BCUT2D eigenvalue weighted by molar-refractivity contribution is 5.76. The van der Waals surface area contributed by atoms with E-state index >= 15 is 0 Å². The highest BCUT2D eigenvalue weighted by atomic mass is 16.2. The van der Waals surface area contributed by atoms with Gasteiger partial charge in [-0.2, -0.15) is 0 Å². The fourth-order valence-electron chi connectivity index (χ4n) is 2.74. The molecule has 7 nitrogen and oxygen atoms in total. The van der Waals surface area contributed by atoms with Crippen molar-refractivity contribution < 1.29 is 4.79 Å². The van der Waals surface area contributed by atoms with Gasteiger partial charge in [-0.3, -0.25) is 9.20 Å². The van der Waals surface area contributed by atoms with Crippen LogP contribution in [0.15, 0.2) is 29.2 Å². The van der Waals surface area contributed by atoms with Crippen molar-refractivity contribution in [3.63, 3.8) is 0 Å². The number of hydrogen-bond acceptors (Lipinski definition) is 4. The Morgan fingerprint density at radius 2 is 2.38 bits per heavy atom. The molecule has 1 saturated heterocycles. The molecule has 7 heteroatoms. The molecule has 2 unspecified atom stereocenters. The summed E-state index contributed by atoms with van der Waals surface area (Å²) in [5.74, 6) is -0.167. The van der Waals surface area contributed by atoms with Crippen LogP contribution in [0.25, 0.3) is 5.65 Å². The standard InChI is InChI=1S/C14H19N5O2/c1-10-8-11(5-6-15-10)16-13(20)9-19-14(21)18-7-3-2-4-12(18)17-19/h2-4,7,10-11,15H,5-6,8-9H2,1H3,(H,16,20). The van der Waals surface area contributed by atoms with Crippen molar-refractivity contribution in [2.45, 2.75) is 38.4 Å². The third-order valence-corrected chi connectivity index (χ3v) is 3.77. The molecular weight excluding hydrogens is 270 g/mol. The molecule has 1 aliphatic rings. The quantitative estimate of drug-likeness (QED) is 0.817. The van der Waals surface area contributed by atoms with Crippen molar-refractivity contribution >= 4 is 11.6 Å². The van der Waals surface area contributed by atoms with Crippen LogP contribution < -0.4 is 16.3 Å². The van der Waals surface area contributed by atoms with E-state index in [-0.39, 0.29) is 24.2 Å². The summed E-state index contributed by atoms with van der Waals surface area (Å²) in [4.78, 5) is 24.2. The second-order valence-corrected chi connectivity index (χ2v) is 5.51. The molecule has 112 valence electrons. The Morgan fingerprint density at radius 3 is 3.14 bits per heavy atom. The maximum absolute atomic E-state index is 12.1. The van der Waals surface area contributed by atoms with Crippen molar-refractivity contribution in [1.82, 2.24) is 24.8 Å². The number of fused-ring (bicyclic) bond motifs is 1. The summed E-state index contributed by atoms with van der Waals surface area (Å²) in [5.41, 5.74) is 0.255. The zero-order valence-electron chi connectivity index (χ0n) is 12.0. The number of nitrogens with zero attached hydrogens (tertiary/aromatic N) is 3. The zero-order chi connectivity index (χ0) is 14.8. The van der Waals surface area contributed by atoms with Crippen LogP contribution in [-0.4, -0.2) is 38.7 Å². The van der Waals surface area contributed by atoms with Gasteiger partial charge in [0, 0.05) is 18.3 Å². The van der Waals surface area contributed by atoms with Crippen LogP contribution in [0.3, 0.4) is 0 Å². The summed E-state index contributed by atoms with van der Waals surface area (Å²) in [6.45, 7) is 2.96. The molecule has 1 aliphatic heterocycles. The van der Waals surface area contributed by atoms with Crippen molar-refractivity contribution in [3.8, 4) is 0 Å². The first-order valence-corrected chi connectivity index (χ1v) is 7.20. The molecule has 0 saturated carbocycles. The number of rotatable bonds is 3. The van der Waals surface area contributed by atoms with Crippen LogP contribution in [0.5, 0.6) is 0 Å². The minimum absolute atomic E-state index is 0.0428. The number of aromatic nitrogens is 3. The summed E-state index contributed by atoms with van der Waals surface area (Å²) in [7, 11) is 0. The van der Waals surface area contributed by atoms with Gasteiger partial charge in [0.05, 0.1) is 0 Å². The first-order valence-electron chi connectivity index (χ1n) is 7.20. The Morgan fingerprint density at radius 1 is 1.52 bits per heavy atom. The molecule has 0 aromatic carbocycles. The highest BCUT2D eigenvalue weighted by Crippen LogP contribution is 2.07. The smallest absolute Gasteiger partial charge is 0.350 e. The van der Waals surface area contributed by atoms with E-state index in [4.69, 9.17) is 0 Å². The minimum Gasteiger partial charge on any atom is -0.352 e. The van der Waals surface area contributed by atoms with Crippen molar-refractivity contribution in [1.29, 1.82) is 0 Å². The van der Waals surface area contributed by atoms with E-state index in [2.05, 4.69) is 22.7 Å². The van der Waals surface area contributed by atoms with E-state index in [0.717, 1.165) is 19.4 Å². The number of piperidine rings is 1. The third kappa shape index (κ3) is 2.97. The van der Waals surface area contributed by atoms with E-state index in [0.29, 0.717) is 11.7 Å². The molecule has 1 fully saturated rings. The lowest BCUT2D eigenvalue weighted by molar-refractivity contribution is -0.122. The lowest BCUT2D eigenvalue weighted by Gasteiger charge is -2.28. The molecule has 3 rings (SSSR count). The van der Waals surface area contributed by atoms with Crippen LogP contribution in [0.1, 0.15) is 19.8 Å². The van der Waals surface area contributed by atoms with E-state index in [1.165, 1.54) is 9.08 Å². The van der Waals surface area contributed by atoms with Gasteiger partial charge >= 0.3 is 5.69 Å². The van der Waals surface area contributed by atoms with Gasteiger partial charge < -0.3 is 10.6 Å². The molecular formula is C14H19N5O2. The highest BCUT2D eigenvalue weighted by Gasteiger charge is 2.20. The van der Waals surface area contributed by atoms with E-state index in [9.17, 15) is 9.59 Å². The Hall–Kier alpha value is -2.15. The second-order valence-electron chi connectivity index (χ2n) is 5.51. The SMILES string of the molecule is CC1CC(NC(=O)Cn2nc3ccccn3c2=O)CCN1. The molecule has 0 aliphatic carbocycles. The van der Waals surface area contributed by atoms with Crippen LogP contribution in [-0.2, 0) is 11.3 Å². The van der Waals surface area contributed by atoms with Crippen LogP contribution >= 0.6 is 0 Å². The third-order valence-electron chi connectivity index (χ3n) is 3.77. The first-order chi connectivity index (χ1) is 10.1. The molecule has 1 amide bonds. The van der Waals surface area contributed by atoms with Gasteiger partial charge in [0.15, 0.2) is 5.65 Å². The summed E-state index contributed by atoms with van der Waals surface area (Å²) >= 11 is 0. The Kier molecular flexibility index (Phi) is 3.74. The molecule has 0 radical (unpaired) electrons. The monoisotopic (exact) mass is 289 g/mol. The molecule has 2 N–H and O–H groups in total. The largest absolute Gasteiger partial charge is 0.352 e. The van der Waals surface area contributed by atoms with Crippen molar-refractivity contribution in [2.75, 3.05) is 6.54 Å². The van der Waals surface area contributed by atoms with Gasteiger partial charge in [-0.15, -0.1) is 5.10 Å². The van der Waals surface area contributed by atoms with Crippen LogP contribution in [0.4, 0.5) is 0 Å². The Balaban J connectivity index is 1.69. The van der Waals surface area contributed by atoms with Crippen molar-refractivity contribution in [3.05, 3.63) is 34.9 Å². The Bertz CT molecular complexity index is 705. The van der Waals surface area contributed by atoms with Crippen molar-refractivity contribution in [2.24, 2.45) is 0 Å². The summed E-state index contributed by atoms with van der Waals surface area (Å²) < 4.78 is 2.63. The lowest BCUT2D eigenvalue weighted by atomic mass is 10.0. The minimum atomic E-state index is -0.292. The van der Waals surface area contributed by atoms with E-state index in [1.807, 2.05) is 6.07 Å². The van der Waals surface area contributed by atoms with E-state index < -0.39 is 0 Å². The average molecular weight is 289 g/mol. The van der Waals surface area contributed by atoms with Gasteiger partial charge in [0.1, 0.15) is 6.54 Å². The summed E-state index contributed by atoms with van der Waals surface area (Å²) in [6.07, 6.45) is 3.47. The fourth-order valence-corrected chi connectivity index (χ4v) is 2.74. The molecule has 3 heterocycles. The van der Waals surface area contributed by atoms with Gasteiger partial charge in [0.25, 0.3) is 0 Å². The number of carbonyl (C=O) groups is 1. The van der Waals surface area contributed by atoms with Crippen LogP contribution in [0, 0.1) is 0 Å². The van der Waals surface area contributed by atoms with Gasteiger partial charge in [-0.25, -0.2) is 9.48 Å². The number of amides is 1. The summed E-state index contributed by atoms with van der Waals surface area (Å²) in [6, 6.07) is 5.88. The first kappa shape index (κ1) is 13.8. The molecule has 2 aromatic rings. The molecule has 2 aromatic heterocycles. The maximum Gasteiger partial charge on any atom is 0.350 e. The van der Waals surface area contributed by atoms with Crippen LogP contribution in [0.2, 0.25) is 0 Å². The normalized spacial score (nSPS) is 22.3. The number of hydrogen-bond donors (Lipinski definition) is 2. The molecule has 0 bridgehead atoms. The predicted molar refractivity (Wildman–Crippen MR) is 78.1 cm³/mol. The number of carbonyl (C=O) groups excluding carboxylic acids is 1. The Labute approximate surface area is 122 Å². The molecule has 2 atom stereocenters. The fraction of sp³-hybridized carbons (Fsp3) is 0.500. The second kappa shape index (κ2) is 5.69. The zero-order valence-corrected chi connectivity index (χ0v) is 12.0. The topological polar surface area (TPSA) is 80.4 Å². The molecule has 21 heavy (non-hydrogen) atoms. The molecule has 0 spiro atoms. The average Bonchev–Trinajstić information content (AvgIpc) is 2.76. The number of pyridine rings is 1.